The molecule has 14 heavy (non-hydrogen) atoms. The molecule has 0 aliphatic heterocycles. The summed E-state index contributed by atoms with van der Waals surface area (Å²) in [7, 11) is 1.83. The van der Waals surface area contributed by atoms with Gasteiger partial charge < -0.3 is 9.73 Å². The number of rotatable bonds is 3. The van der Waals surface area contributed by atoms with Gasteiger partial charge in [0.15, 0.2) is 0 Å². The lowest BCUT2D eigenvalue weighted by molar-refractivity contribution is 0.490. The van der Waals surface area contributed by atoms with Crippen LogP contribution in [-0.4, -0.2) is 27.4 Å². The molecule has 6 heteroatoms. The first-order valence-corrected chi connectivity index (χ1v) is 4.28. The summed E-state index contributed by atoms with van der Waals surface area (Å²) in [6.07, 6.45) is 1.67. The highest BCUT2D eigenvalue weighted by atomic mass is 16.4. The van der Waals surface area contributed by atoms with Crippen LogP contribution in [-0.2, 0) is 6.54 Å². The second kappa shape index (κ2) is 3.59. The van der Waals surface area contributed by atoms with Crippen molar-refractivity contribution in [3.05, 3.63) is 17.8 Å². The van der Waals surface area contributed by atoms with Gasteiger partial charge >= 0.3 is 0 Å². The van der Waals surface area contributed by atoms with Crippen LogP contribution in [0.25, 0.3) is 11.5 Å². The summed E-state index contributed by atoms with van der Waals surface area (Å²) in [6, 6.07) is 0. The third-order valence-electron chi connectivity index (χ3n) is 1.86. The maximum atomic E-state index is 5.40. The molecule has 0 unspecified atom stereocenters. The summed E-state index contributed by atoms with van der Waals surface area (Å²) in [5.41, 5.74) is 1.77. The zero-order valence-corrected chi connectivity index (χ0v) is 8.03. The van der Waals surface area contributed by atoms with Gasteiger partial charge in [-0.05, 0) is 14.0 Å². The molecule has 0 saturated carbocycles. The monoisotopic (exact) mass is 193 g/mol. The zero-order valence-electron chi connectivity index (χ0n) is 8.03. The molecule has 2 rings (SSSR count). The first-order chi connectivity index (χ1) is 6.81. The highest BCUT2D eigenvalue weighted by Gasteiger charge is 2.11. The van der Waals surface area contributed by atoms with Crippen LogP contribution in [0.5, 0.6) is 0 Å². The molecule has 74 valence electrons. The molecule has 6 nitrogen and oxygen atoms in total. The fourth-order valence-corrected chi connectivity index (χ4v) is 1.15. The molecule has 0 aromatic carbocycles. The molecule has 0 aliphatic carbocycles. The minimum absolute atomic E-state index is 0.501. The Balaban J connectivity index is 2.29. The van der Waals surface area contributed by atoms with Crippen molar-refractivity contribution >= 4 is 0 Å². The Hall–Kier alpha value is -1.69. The molecule has 0 radical (unpaired) electrons. The Morgan fingerprint density at radius 1 is 1.50 bits per heavy atom. The number of H-pyrrole nitrogens is 1. The molecule has 0 bridgehead atoms. The standard InChI is InChI=1S/C8H11N5O/c1-5-6(3-10-11-5)8-13-12-7(14-8)4-9-2/h3,9H,4H2,1-2H3,(H,10,11). The number of nitrogens with zero attached hydrogens (tertiary/aromatic N) is 3. The van der Waals surface area contributed by atoms with Gasteiger partial charge in [0.05, 0.1) is 18.3 Å². The third-order valence-corrected chi connectivity index (χ3v) is 1.86. The number of hydrogen-bond acceptors (Lipinski definition) is 5. The molecular weight excluding hydrogens is 182 g/mol. The lowest BCUT2D eigenvalue weighted by Crippen LogP contribution is -2.04. The van der Waals surface area contributed by atoms with E-state index < -0.39 is 0 Å². The van der Waals surface area contributed by atoms with Gasteiger partial charge in [-0.15, -0.1) is 10.2 Å². The van der Waals surface area contributed by atoms with Crippen molar-refractivity contribution in [2.24, 2.45) is 0 Å². The summed E-state index contributed by atoms with van der Waals surface area (Å²) in [6.45, 7) is 2.48. The minimum Gasteiger partial charge on any atom is -0.419 e. The Morgan fingerprint density at radius 3 is 3.00 bits per heavy atom. The number of aromatic amines is 1. The summed E-state index contributed by atoms with van der Waals surface area (Å²) in [5.74, 6) is 1.07. The maximum absolute atomic E-state index is 5.40. The molecular formula is C8H11N5O. The fraction of sp³-hybridized carbons (Fsp3) is 0.375. The third kappa shape index (κ3) is 1.51. The van der Waals surface area contributed by atoms with E-state index in [0.717, 1.165) is 11.3 Å². The average Bonchev–Trinajstić information content (AvgIpc) is 2.74. The molecule has 2 aromatic heterocycles. The van der Waals surface area contributed by atoms with E-state index in [9.17, 15) is 0 Å². The predicted octanol–water partition coefficient (Wildman–Crippen LogP) is 0.488. The van der Waals surface area contributed by atoms with Crippen LogP contribution in [0.15, 0.2) is 10.6 Å². The summed E-state index contributed by atoms with van der Waals surface area (Å²) in [5, 5.41) is 17.4. The van der Waals surface area contributed by atoms with Gasteiger partial charge in [0.25, 0.3) is 5.89 Å². The lowest BCUT2D eigenvalue weighted by Gasteiger charge is -1.90. The normalized spacial score (nSPS) is 10.7. The Kier molecular flexibility index (Phi) is 2.28. The SMILES string of the molecule is CNCc1nnc(-c2cn[nH]c2C)o1. The molecule has 0 aliphatic rings. The van der Waals surface area contributed by atoms with Crippen LogP contribution in [0, 0.1) is 6.92 Å². The molecule has 0 fully saturated rings. The van der Waals surface area contributed by atoms with Gasteiger partial charge in [-0.25, -0.2) is 0 Å². The number of nitrogens with one attached hydrogen (secondary N) is 2. The van der Waals surface area contributed by atoms with Crippen LogP contribution >= 0.6 is 0 Å². The van der Waals surface area contributed by atoms with E-state index in [1.165, 1.54) is 0 Å². The van der Waals surface area contributed by atoms with Crippen LogP contribution in [0.4, 0.5) is 0 Å². The number of hydrogen-bond donors (Lipinski definition) is 2. The zero-order chi connectivity index (χ0) is 9.97. The largest absolute Gasteiger partial charge is 0.419 e. The van der Waals surface area contributed by atoms with Crippen LogP contribution in [0.3, 0.4) is 0 Å². The fourth-order valence-electron chi connectivity index (χ4n) is 1.15. The van der Waals surface area contributed by atoms with Crippen molar-refractivity contribution in [3.63, 3.8) is 0 Å². The van der Waals surface area contributed by atoms with Gasteiger partial charge in [-0.3, -0.25) is 5.10 Å². The summed E-state index contributed by atoms with van der Waals surface area (Å²) >= 11 is 0. The molecule has 0 spiro atoms. The van der Waals surface area contributed by atoms with Crippen LogP contribution in [0.1, 0.15) is 11.6 Å². The van der Waals surface area contributed by atoms with Gasteiger partial charge in [0.1, 0.15) is 0 Å². The minimum atomic E-state index is 0.501. The Morgan fingerprint density at radius 2 is 2.36 bits per heavy atom. The van der Waals surface area contributed by atoms with E-state index in [0.29, 0.717) is 18.3 Å². The summed E-state index contributed by atoms with van der Waals surface area (Å²) in [4.78, 5) is 0. The van der Waals surface area contributed by atoms with Gasteiger partial charge in [-0.2, -0.15) is 5.10 Å². The van der Waals surface area contributed by atoms with Crippen molar-refractivity contribution in [2.45, 2.75) is 13.5 Å². The smallest absolute Gasteiger partial charge is 0.251 e. The highest BCUT2D eigenvalue weighted by Crippen LogP contribution is 2.19. The van der Waals surface area contributed by atoms with Crippen molar-refractivity contribution in [1.82, 2.24) is 25.7 Å². The Bertz CT molecular complexity index is 419. The number of aryl methyl sites for hydroxylation is 1. The van der Waals surface area contributed by atoms with E-state index >= 15 is 0 Å². The number of aromatic nitrogens is 4. The first-order valence-electron chi connectivity index (χ1n) is 4.28. The molecule has 0 atom stereocenters. The topological polar surface area (TPSA) is 79.6 Å². The second-order valence-corrected chi connectivity index (χ2v) is 2.94. The van der Waals surface area contributed by atoms with E-state index in [4.69, 9.17) is 4.42 Å². The molecule has 0 saturated heterocycles. The molecule has 0 amide bonds. The first kappa shape index (κ1) is 8.89. The van der Waals surface area contributed by atoms with Gasteiger partial charge in [-0.1, -0.05) is 0 Å². The van der Waals surface area contributed by atoms with E-state index in [-0.39, 0.29) is 0 Å². The van der Waals surface area contributed by atoms with Crippen molar-refractivity contribution in [1.29, 1.82) is 0 Å². The maximum Gasteiger partial charge on any atom is 0.251 e. The molecule has 2 heterocycles. The van der Waals surface area contributed by atoms with Crippen molar-refractivity contribution in [3.8, 4) is 11.5 Å². The van der Waals surface area contributed by atoms with Gasteiger partial charge in [0.2, 0.25) is 5.89 Å². The van der Waals surface area contributed by atoms with Crippen molar-refractivity contribution in [2.75, 3.05) is 7.05 Å². The lowest BCUT2D eigenvalue weighted by atomic mass is 10.3. The van der Waals surface area contributed by atoms with E-state index in [1.54, 1.807) is 6.20 Å². The van der Waals surface area contributed by atoms with Crippen LogP contribution < -0.4 is 5.32 Å². The Labute approximate surface area is 80.7 Å². The van der Waals surface area contributed by atoms with E-state index in [2.05, 4.69) is 25.7 Å². The highest BCUT2D eigenvalue weighted by molar-refractivity contribution is 5.53. The average molecular weight is 193 g/mol. The van der Waals surface area contributed by atoms with Gasteiger partial charge in [0, 0.05) is 5.69 Å². The van der Waals surface area contributed by atoms with E-state index in [1.807, 2.05) is 14.0 Å². The quantitative estimate of drug-likeness (QED) is 0.741. The molecule has 2 aromatic rings. The van der Waals surface area contributed by atoms with Crippen molar-refractivity contribution < 1.29 is 4.42 Å². The second-order valence-electron chi connectivity index (χ2n) is 2.94. The molecule has 2 N–H and O–H groups in total. The predicted molar refractivity (Wildman–Crippen MR) is 49.4 cm³/mol. The summed E-state index contributed by atoms with van der Waals surface area (Å²) < 4.78 is 5.40. The van der Waals surface area contributed by atoms with Crippen LogP contribution in [0.2, 0.25) is 0 Å².